The Morgan fingerprint density at radius 2 is 2.07 bits per heavy atom. The van der Waals surface area contributed by atoms with Gasteiger partial charge in [0.05, 0.1) is 7.11 Å². The summed E-state index contributed by atoms with van der Waals surface area (Å²) in [5.41, 5.74) is 8.65. The minimum atomic E-state index is -0.348. The van der Waals surface area contributed by atoms with Crippen LogP contribution in [0.15, 0.2) is 78.4 Å². The summed E-state index contributed by atoms with van der Waals surface area (Å²) in [7, 11) is 1.63. The third-order valence-corrected chi connectivity index (χ3v) is 4.56. The Morgan fingerprint density at radius 3 is 2.73 bits per heavy atom. The molecule has 2 atom stereocenters. The highest BCUT2D eigenvalue weighted by atomic mass is 35.5. The van der Waals surface area contributed by atoms with E-state index in [4.69, 9.17) is 32.2 Å². The summed E-state index contributed by atoms with van der Waals surface area (Å²) in [4.78, 5) is 0. The minimum Gasteiger partial charge on any atom is -0.497 e. The Balaban J connectivity index is 2.14. The first-order valence-corrected chi connectivity index (χ1v) is 9.95. The molecule has 0 saturated carbocycles. The van der Waals surface area contributed by atoms with E-state index in [0.29, 0.717) is 22.9 Å². The number of ether oxygens (including phenoxy) is 2. The molecule has 5 nitrogen and oxygen atoms in total. The maximum absolute atomic E-state index is 7.75. The molecule has 0 spiro atoms. The van der Waals surface area contributed by atoms with Gasteiger partial charge in [-0.05, 0) is 55.0 Å². The number of hydrogen-bond acceptors (Lipinski definition) is 5. The molecular formula is C24H28ClN3O2. The molecule has 4 N–H and O–H groups in total. The van der Waals surface area contributed by atoms with Crippen molar-refractivity contribution in [2.45, 2.75) is 19.1 Å². The van der Waals surface area contributed by atoms with Crippen molar-refractivity contribution >= 4 is 23.5 Å². The average molecular weight is 426 g/mol. The van der Waals surface area contributed by atoms with Crippen molar-refractivity contribution in [2.24, 2.45) is 5.73 Å². The number of methoxy groups -OCH3 is 1. The molecule has 2 aromatic rings. The summed E-state index contributed by atoms with van der Waals surface area (Å²) in [5.74, 6) is 1.38. The number of halogens is 1. The molecule has 0 aliphatic rings. The van der Waals surface area contributed by atoms with E-state index in [2.05, 4.69) is 11.9 Å². The van der Waals surface area contributed by atoms with E-state index >= 15 is 0 Å². The number of hydrogen-bond donors (Lipinski definition) is 3. The van der Waals surface area contributed by atoms with Crippen LogP contribution in [0.2, 0.25) is 0 Å². The summed E-state index contributed by atoms with van der Waals surface area (Å²) < 4.78 is 11.5. The average Bonchev–Trinajstić information content (AvgIpc) is 2.75. The maximum Gasteiger partial charge on any atom is 0.139 e. The highest BCUT2D eigenvalue weighted by Gasteiger charge is 2.19. The van der Waals surface area contributed by atoms with Crippen LogP contribution in [0.1, 0.15) is 24.2 Å². The van der Waals surface area contributed by atoms with Crippen LogP contribution in [0.5, 0.6) is 11.5 Å². The lowest BCUT2D eigenvalue weighted by Gasteiger charge is -2.24. The third kappa shape index (κ3) is 6.79. The van der Waals surface area contributed by atoms with Crippen LogP contribution < -0.4 is 20.5 Å². The number of anilines is 1. The molecule has 158 valence electrons. The second-order valence-corrected chi connectivity index (χ2v) is 7.07. The fourth-order valence-electron chi connectivity index (χ4n) is 2.85. The second-order valence-electron chi connectivity index (χ2n) is 6.64. The lowest BCUT2D eigenvalue weighted by Crippen LogP contribution is -2.29. The van der Waals surface area contributed by atoms with Crippen molar-refractivity contribution in [3.05, 3.63) is 89.5 Å². The smallest absolute Gasteiger partial charge is 0.139 e. The Hall–Kier alpha value is -3.02. The molecule has 6 heteroatoms. The molecule has 30 heavy (non-hydrogen) atoms. The molecule has 0 aliphatic carbocycles. The van der Waals surface area contributed by atoms with Gasteiger partial charge in [0.25, 0.3) is 0 Å². The van der Waals surface area contributed by atoms with Crippen molar-refractivity contribution in [3.8, 4) is 11.5 Å². The van der Waals surface area contributed by atoms with Gasteiger partial charge in [-0.3, -0.25) is 0 Å². The maximum atomic E-state index is 7.75. The number of rotatable bonds is 11. The molecule has 0 bridgehead atoms. The van der Waals surface area contributed by atoms with Crippen molar-refractivity contribution in [1.29, 1.82) is 5.41 Å². The molecule has 0 radical (unpaired) electrons. The predicted molar refractivity (Wildman–Crippen MR) is 126 cm³/mol. The van der Waals surface area contributed by atoms with Gasteiger partial charge in [0.1, 0.15) is 17.6 Å². The summed E-state index contributed by atoms with van der Waals surface area (Å²) >= 11 is 5.99. The molecule has 0 aromatic heterocycles. The molecule has 2 rings (SSSR count). The zero-order chi connectivity index (χ0) is 21.9. The molecule has 0 saturated heterocycles. The molecule has 0 unspecified atom stereocenters. The van der Waals surface area contributed by atoms with E-state index in [0.717, 1.165) is 17.0 Å². The van der Waals surface area contributed by atoms with Gasteiger partial charge < -0.3 is 25.9 Å². The largest absolute Gasteiger partial charge is 0.497 e. The molecular weight excluding hydrogens is 398 g/mol. The van der Waals surface area contributed by atoms with Gasteiger partial charge >= 0.3 is 0 Å². The van der Waals surface area contributed by atoms with Crippen LogP contribution in [0.3, 0.4) is 0 Å². The quantitative estimate of drug-likeness (QED) is 0.331. The zero-order valence-corrected chi connectivity index (χ0v) is 18.0. The molecule has 0 aliphatic heterocycles. The van der Waals surface area contributed by atoms with E-state index in [-0.39, 0.29) is 12.1 Å². The Morgan fingerprint density at radius 1 is 1.27 bits per heavy atom. The van der Waals surface area contributed by atoms with Gasteiger partial charge in [-0.1, -0.05) is 42.5 Å². The Labute approximate surface area is 183 Å². The van der Waals surface area contributed by atoms with Crippen LogP contribution >= 0.6 is 11.6 Å². The SMILES string of the molecule is C=C/C=C(Cl)\C=C/CNc1ccc(O[C@H](c2cccc(OC)c2)[C@H](C)N)cc1C=N. The molecule has 0 heterocycles. The number of allylic oxidation sites excluding steroid dienone is 4. The number of nitrogens with two attached hydrogens (primary N) is 1. The summed E-state index contributed by atoms with van der Waals surface area (Å²) in [6.07, 6.45) is 7.97. The fraction of sp³-hybridized carbons (Fsp3) is 0.208. The van der Waals surface area contributed by atoms with E-state index in [9.17, 15) is 0 Å². The first-order chi connectivity index (χ1) is 14.5. The number of benzene rings is 2. The van der Waals surface area contributed by atoms with Gasteiger partial charge in [0, 0.05) is 35.1 Å². The third-order valence-electron chi connectivity index (χ3n) is 4.31. The van der Waals surface area contributed by atoms with E-state index < -0.39 is 0 Å². The van der Waals surface area contributed by atoms with Crippen molar-refractivity contribution in [1.82, 2.24) is 0 Å². The Bertz CT molecular complexity index is 922. The van der Waals surface area contributed by atoms with Crippen molar-refractivity contribution < 1.29 is 9.47 Å². The van der Waals surface area contributed by atoms with Crippen LogP contribution in [-0.4, -0.2) is 25.9 Å². The standard InChI is InChI=1S/C24H28ClN3O2/c1-4-7-20(25)9-6-13-28-23-12-11-22(15-19(23)16-26)30-24(17(2)27)18-8-5-10-21(14-18)29-3/h4-12,14-17,24,26,28H,1,13,27H2,2-3H3/b9-6-,20-7+,26-16?/t17-,24-/m0/s1. The van der Waals surface area contributed by atoms with Gasteiger partial charge in [-0.25, -0.2) is 0 Å². The topological polar surface area (TPSA) is 80.4 Å². The van der Waals surface area contributed by atoms with E-state index in [1.54, 1.807) is 25.3 Å². The van der Waals surface area contributed by atoms with Crippen molar-refractivity contribution in [2.75, 3.05) is 19.0 Å². The fourth-order valence-corrected chi connectivity index (χ4v) is 3.03. The molecule has 0 fully saturated rings. The minimum absolute atomic E-state index is 0.239. The van der Waals surface area contributed by atoms with Crippen LogP contribution in [-0.2, 0) is 0 Å². The highest BCUT2D eigenvalue weighted by molar-refractivity contribution is 6.31. The van der Waals surface area contributed by atoms with Gasteiger partial charge in [-0.15, -0.1) is 0 Å². The first-order valence-electron chi connectivity index (χ1n) is 9.57. The monoisotopic (exact) mass is 425 g/mol. The zero-order valence-electron chi connectivity index (χ0n) is 17.3. The predicted octanol–water partition coefficient (Wildman–Crippen LogP) is 5.44. The van der Waals surface area contributed by atoms with Gasteiger partial charge in [0.2, 0.25) is 0 Å². The summed E-state index contributed by atoms with van der Waals surface area (Å²) in [6, 6.07) is 13.0. The van der Waals surface area contributed by atoms with E-state index in [1.807, 2.05) is 55.5 Å². The summed E-state index contributed by atoms with van der Waals surface area (Å²) in [5, 5.41) is 11.6. The summed E-state index contributed by atoms with van der Waals surface area (Å²) in [6.45, 7) is 6.07. The Kier molecular flexibility index (Phi) is 9.19. The lowest BCUT2D eigenvalue weighted by molar-refractivity contribution is 0.180. The van der Waals surface area contributed by atoms with Crippen LogP contribution in [0, 0.1) is 5.41 Å². The normalized spacial score (nSPS) is 13.5. The van der Waals surface area contributed by atoms with Crippen LogP contribution in [0.4, 0.5) is 5.69 Å². The van der Waals surface area contributed by atoms with Gasteiger partial charge in [0.15, 0.2) is 0 Å². The van der Waals surface area contributed by atoms with Gasteiger partial charge in [-0.2, -0.15) is 0 Å². The van der Waals surface area contributed by atoms with E-state index in [1.165, 1.54) is 6.21 Å². The first kappa shape index (κ1) is 23.3. The highest BCUT2D eigenvalue weighted by Crippen LogP contribution is 2.29. The van der Waals surface area contributed by atoms with Crippen molar-refractivity contribution in [3.63, 3.8) is 0 Å². The molecule has 0 amide bonds. The lowest BCUT2D eigenvalue weighted by atomic mass is 10.0. The second kappa shape index (κ2) is 11.9. The van der Waals surface area contributed by atoms with Crippen LogP contribution in [0.25, 0.3) is 0 Å². The molecule has 2 aromatic carbocycles. The number of nitrogens with one attached hydrogen (secondary N) is 2.